The zero-order valence-corrected chi connectivity index (χ0v) is 16.4. The van der Waals surface area contributed by atoms with Crippen LogP contribution in [-0.4, -0.2) is 17.1 Å². The van der Waals surface area contributed by atoms with Crippen LogP contribution >= 0.6 is 0 Å². The number of urea groups is 1. The first kappa shape index (κ1) is 23.6. The number of alkyl halides is 6. The van der Waals surface area contributed by atoms with Crippen molar-refractivity contribution in [2.75, 3.05) is 10.6 Å². The number of hydrogen-bond donors (Lipinski definition) is 3. The molecule has 11 heteroatoms. The fourth-order valence-corrected chi connectivity index (χ4v) is 2.95. The van der Waals surface area contributed by atoms with E-state index in [2.05, 4.69) is 5.32 Å². The van der Waals surface area contributed by atoms with Crippen molar-refractivity contribution in [1.82, 2.24) is 0 Å². The molecule has 5 nitrogen and oxygen atoms in total. The normalized spacial score (nSPS) is 11.7. The van der Waals surface area contributed by atoms with Crippen LogP contribution in [0.1, 0.15) is 21.5 Å². The Morgan fingerprint density at radius 1 is 0.697 bits per heavy atom. The topological polar surface area (TPSA) is 78.4 Å². The molecule has 0 heterocycles. The van der Waals surface area contributed by atoms with Crippen LogP contribution in [0.2, 0.25) is 0 Å². The quantitative estimate of drug-likeness (QED) is 0.372. The minimum atomic E-state index is -5.09. The van der Waals surface area contributed by atoms with Crippen LogP contribution in [0.15, 0.2) is 66.7 Å². The van der Waals surface area contributed by atoms with Crippen LogP contribution in [0.5, 0.6) is 0 Å². The standard InChI is InChI=1S/C22H14F6N2O3/c23-21(24,25)14-9-15(22(26,27)28)11-16(10-14)29-20(33)30-18-7-6-13(8-17(18)19(31)32)12-4-2-1-3-5-12/h1-11H,(H,31,32)(H2,29,30,33). The summed E-state index contributed by atoms with van der Waals surface area (Å²) >= 11 is 0. The fraction of sp³-hybridized carbons (Fsp3) is 0.0909. The molecule has 3 aromatic rings. The van der Waals surface area contributed by atoms with Crippen molar-refractivity contribution in [3.8, 4) is 11.1 Å². The molecule has 2 amide bonds. The van der Waals surface area contributed by atoms with Gasteiger partial charge in [0.15, 0.2) is 0 Å². The molecule has 0 bridgehead atoms. The molecular weight excluding hydrogens is 454 g/mol. The van der Waals surface area contributed by atoms with Crippen LogP contribution < -0.4 is 10.6 Å². The van der Waals surface area contributed by atoms with Gasteiger partial charge in [-0.1, -0.05) is 36.4 Å². The van der Waals surface area contributed by atoms with Gasteiger partial charge in [-0.15, -0.1) is 0 Å². The molecule has 0 saturated carbocycles. The van der Waals surface area contributed by atoms with Crippen LogP contribution in [0, 0.1) is 0 Å². The number of carbonyl (C=O) groups excluding carboxylic acids is 1. The lowest BCUT2D eigenvalue weighted by Crippen LogP contribution is -2.22. The van der Waals surface area contributed by atoms with Gasteiger partial charge in [-0.25, -0.2) is 9.59 Å². The van der Waals surface area contributed by atoms with E-state index in [4.69, 9.17) is 0 Å². The molecule has 3 rings (SSSR count). The average Bonchev–Trinajstić information content (AvgIpc) is 2.73. The van der Waals surface area contributed by atoms with E-state index in [0.29, 0.717) is 23.3 Å². The van der Waals surface area contributed by atoms with Crippen LogP contribution in [0.3, 0.4) is 0 Å². The van der Waals surface area contributed by atoms with E-state index < -0.39 is 41.2 Å². The summed E-state index contributed by atoms with van der Waals surface area (Å²) in [5.41, 5.74) is -3.30. The number of halogens is 6. The van der Waals surface area contributed by atoms with Crippen molar-refractivity contribution >= 4 is 23.4 Å². The van der Waals surface area contributed by atoms with Crippen LogP contribution in [-0.2, 0) is 12.4 Å². The summed E-state index contributed by atoms with van der Waals surface area (Å²) in [5.74, 6) is -1.40. The summed E-state index contributed by atoms with van der Waals surface area (Å²) in [6, 6.07) is 12.1. The third-order valence-corrected chi connectivity index (χ3v) is 4.45. The second-order valence-corrected chi connectivity index (χ2v) is 6.81. The third kappa shape index (κ3) is 5.82. The van der Waals surface area contributed by atoms with E-state index in [-0.39, 0.29) is 17.3 Å². The lowest BCUT2D eigenvalue weighted by atomic mass is 10.0. The highest BCUT2D eigenvalue weighted by Crippen LogP contribution is 2.37. The summed E-state index contributed by atoms with van der Waals surface area (Å²) < 4.78 is 77.9. The number of hydrogen-bond acceptors (Lipinski definition) is 2. The van der Waals surface area contributed by atoms with Gasteiger partial charge in [0.05, 0.1) is 22.4 Å². The molecule has 0 aromatic heterocycles. The average molecular weight is 468 g/mol. The highest BCUT2D eigenvalue weighted by atomic mass is 19.4. The summed E-state index contributed by atoms with van der Waals surface area (Å²) in [7, 11) is 0. The zero-order valence-electron chi connectivity index (χ0n) is 16.4. The van der Waals surface area contributed by atoms with Crippen LogP contribution in [0.4, 0.5) is 42.5 Å². The monoisotopic (exact) mass is 468 g/mol. The number of anilines is 2. The molecule has 0 radical (unpaired) electrons. The van der Waals surface area contributed by atoms with Gasteiger partial charge in [0.25, 0.3) is 0 Å². The Morgan fingerprint density at radius 2 is 1.27 bits per heavy atom. The SMILES string of the molecule is O=C(Nc1cc(C(F)(F)F)cc(C(F)(F)F)c1)Nc1ccc(-c2ccccc2)cc1C(=O)O. The maximum atomic E-state index is 13.0. The first-order valence-electron chi connectivity index (χ1n) is 9.15. The van der Waals surface area contributed by atoms with Gasteiger partial charge >= 0.3 is 24.4 Å². The van der Waals surface area contributed by atoms with E-state index >= 15 is 0 Å². The maximum Gasteiger partial charge on any atom is 0.416 e. The van der Waals surface area contributed by atoms with E-state index in [1.165, 1.54) is 18.2 Å². The number of rotatable bonds is 4. The van der Waals surface area contributed by atoms with Crippen molar-refractivity contribution in [1.29, 1.82) is 0 Å². The van der Waals surface area contributed by atoms with Crippen molar-refractivity contribution in [3.05, 3.63) is 83.4 Å². The molecule has 0 aliphatic rings. The minimum Gasteiger partial charge on any atom is -0.478 e. The van der Waals surface area contributed by atoms with E-state index in [1.54, 1.807) is 30.3 Å². The number of benzene rings is 3. The maximum absolute atomic E-state index is 13.0. The number of carbonyl (C=O) groups is 2. The predicted octanol–water partition coefficient (Wildman–Crippen LogP) is 6.73. The molecule has 0 unspecified atom stereocenters. The number of carboxylic acids is 1. The third-order valence-electron chi connectivity index (χ3n) is 4.45. The van der Waals surface area contributed by atoms with Gasteiger partial charge in [0, 0.05) is 5.69 Å². The van der Waals surface area contributed by atoms with Gasteiger partial charge in [0.1, 0.15) is 0 Å². The Labute approximate surface area is 182 Å². The predicted molar refractivity (Wildman–Crippen MR) is 108 cm³/mol. The minimum absolute atomic E-state index is 0.0755. The van der Waals surface area contributed by atoms with Crippen molar-refractivity contribution < 1.29 is 41.0 Å². The summed E-state index contributed by atoms with van der Waals surface area (Å²) in [6.45, 7) is 0. The molecule has 0 aliphatic carbocycles. The number of nitrogens with one attached hydrogen (secondary N) is 2. The molecule has 3 N–H and O–H groups in total. The fourth-order valence-electron chi connectivity index (χ4n) is 2.95. The molecule has 0 aliphatic heterocycles. The first-order valence-corrected chi connectivity index (χ1v) is 9.15. The van der Waals surface area contributed by atoms with Gasteiger partial charge in [-0.05, 0) is 41.5 Å². The first-order chi connectivity index (χ1) is 15.3. The second kappa shape index (κ2) is 8.85. The zero-order chi connectivity index (χ0) is 24.4. The summed E-state index contributed by atoms with van der Waals surface area (Å²) in [4.78, 5) is 23.9. The van der Waals surface area contributed by atoms with Crippen molar-refractivity contribution in [2.45, 2.75) is 12.4 Å². The molecule has 3 aromatic carbocycles. The van der Waals surface area contributed by atoms with Gasteiger partial charge in [-0.2, -0.15) is 26.3 Å². The second-order valence-electron chi connectivity index (χ2n) is 6.81. The Balaban J connectivity index is 1.88. The van der Waals surface area contributed by atoms with Gasteiger partial charge in [-0.3, -0.25) is 0 Å². The van der Waals surface area contributed by atoms with E-state index in [9.17, 15) is 41.0 Å². The smallest absolute Gasteiger partial charge is 0.416 e. The highest BCUT2D eigenvalue weighted by molar-refractivity contribution is 6.05. The van der Waals surface area contributed by atoms with Crippen molar-refractivity contribution in [3.63, 3.8) is 0 Å². The molecule has 0 fully saturated rings. The lowest BCUT2D eigenvalue weighted by molar-refractivity contribution is -0.143. The Hall–Kier alpha value is -4.02. The Kier molecular flexibility index (Phi) is 6.34. The number of aromatic carboxylic acids is 1. The van der Waals surface area contributed by atoms with Gasteiger partial charge < -0.3 is 15.7 Å². The number of amides is 2. The lowest BCUT2D eigenvalue weighted by Gasteiger charge is -2.15. The molecular formula is C22H14F6N2O3. The Morgan fingerprint density at radius 3 is 1.79 bits per heavy atom. The summed E-state index contributed by atoms with van der Waals surface area (Å²) in [5, 5.41) is 13.5. The van der Waals surface area contributed by atoms with E-state index in [1.807, 2.05) is 5.32 Å². The highest BCUT2D eigenvalue weighted by Gasteiger charge is 2.37. The Bertz CT molecular complexity index is 1160. The molecule has 172 valence electrons. The number of carboxylic acid groups (broad SMARTS) is 1. The molecule has 0 spiro atoms. The van der Waals surface area contributed by atoms with Crippen LogP contribution in [0.25, 0.3) is 11.1 Å². The molecule has 33 heavy (non-hydrogen) atoms. The largest absolute Gasteiger partial charge is 0.478 e. The molecule has 0 saturated heterocycles. The summed E-state index contributed by atoms with van der Waals surface area (Å²) in [6.07, 6.45) is -10.2. The van der Waals surface area contributed by atoms with Crippen molar-refractivity contribution in [2.24, 2.45) is 0 Å². The molecule has 0 atom stereocenters. The van der Waals surface area contributed by atoms with Gasteiger partial charge in [0.2, 0.25) is 0 Å². The van der Waals surface area contributed by atoms with E-state index in [0.717, 1.165) is 0 Å².